The summed E-state index contributed by atoms with van der Waals surface area (Å²) in [7, 11) is 0. The van der Waals surface area contributed by atoms with Crippen molar-refractivity contribution in [1.82, 2.24) is 10.2 Å². The number of carbonyl (C=O) groups excluding carboxylic acids is 1. The molecule has 0 aliphatic carbocycles. The van der Waals surface area contributed by atoms with Gasteiger partial charge in [0.15, 0.2) is 0 Å². The minimum Gasteiger partial charge on any atom is -0.502 e. The van der Waals surface area contributed by atoms with E-state index in [0.29, 0.717) is 13.2 Å². The van der Waals surface area contributed by atoms with Crippen LogP contribution in [0.1, 0.15) is 48.0 Å². The summed E-state index contributed by atoms with van der Waals surface area (Å²) in [5.41, 5.74) is -0.744. The topological polar surface area (TPSA) is 50.8 Å². The van der Waals surface area contributed by atoms with Gasteiger partial charge in [-0.25, -0.2) is 4.79 Å². The van der Waals surface area contributed by atoms with Gasteiger partial charge >= 0.3 is 6.09 Å². The van der Waals surface area contributed by atoms with Gasteiger partial charge in [-0.3, -0.25) is 0 Å². The summed E-state index contributed by atoms with van der Waals surface area (Å²) in [6.45, 7) is 18.0. The van der Waals surface area contributed by atoms with Gasteiger partial charge < -0.3 is 19.7 Å². The average Bonchev–Trinajstić information content (AvgIpc) is 2.28. The van der Waals surface area contributed by atoms with Gasteiger partial charge in [0.05, 0.1) is 12.9 Å². The number of amides is 1. The lowest BCUT2D eigenvalue weighted by Crippen LogP contribution is -2.50. The van der Waals surface area contributed by atoms with Gasteiger partial charge in [-0.2, -0.15) is 0 Å². The summed E-state index contributed by atoms with van der Waals surface area (Å²) in [6, 6.07) is 0. The summed E-state index contributed by atoms with van der Waals surface area (Å²) < 4.78 is 10.5. The Hall–Kier alpha value is -1.23. The molecule has 0 aromatic heterocycles. The Labute approximate surface area is 129 Å². The fraction of sp³-hybridized carbons (Fsp3) is 0.812. The van der Waals surface area contributed by atoms with Gasteiger partial charge in [0.2, 0.25) is 0 Å². The van der Waals surface area contributed by atoms with Crippen molar-refractivity contribution in [3.8, 4) is 0 Å². The molecular weight excluding hydrogens is 268 g/mol. The molecule has 0 aliphatic heterocycles. The van der Waals surface area contributed by atoms with Crippen LogP contribution in [-0.4, -0.2) is 48.4 Å². The van der Waals surface area contributed by atoms with Crippen LogP contribution in [0.2, 0.25) is 0 Å². The molecule has 0 unspecified atom stereocenters. The predicted molar refractivity (Wildman–Crippen MR) is 86.3 cm³/mol. The second kappa shape index (κ2) is 8.93. The van der Waals surface area contributed by atoms with E-state index in [2.05, 4.69) is 11.9 Å². The number of hydrogen-bond donors (Lipinski definition) is 1. The van der Waals surface area contributed by atoms with Gasteiger partial charge in [0.1, 0.15) is 5.60 Å². The van der Waals surface area contributed by atoms with Crippen LogP contribution in [0.25, 0.3) is 0 Å². The fourth-order valence-corrected chi connectivity index (χ4v) is 1.70. The molecule has 0 bridgehead atoms. The Bertz CT molecular complexity index is 316. The van der Waals surface area contributed by atoms with E-state index in [1.165, 1.54) is 6.26 Å². The summed E-state index contributed by atoms with van der Waals surface area (Å²) in [6.07, 6.45) is 2.09. The quantitative estimate of drug-likeness (QED) is 0.552. The highest BCUT2D eigenvalue weighted by atomic mass is 16.6. The minimum absolute atomic E-state index is 0.268. The van der Waals surface area contributed by atoms with Gasteiger partial charge in [-0.05, 0) is 54.5 Å². The first kappa shape index (κ1) is 19.8. The summed E-state index contributed by atoms with van der Waals surface area (Å²) in [4.78, 5) is 14.0. The monoisotopic (exact) mass is 300 g/mol. The largest absolute Gasteiger partial charge is 0.502 e. The highest BCUT2D eigenvalue weighted by molar-refractivity contribution is 5.69. The third-order valence-electron chi connectivity index (χ3n) is 2.67. The Balaban J connectivity index is 4.21. The Morgan fingerprint density at radius 2 is 1.81 bits per heavy atom. The molecule has 0 aromatic carbocycles. The lowest BCUT2D eigenvalue weighted by molar-refractivity contribution is 0.00663. The smallest absolute Gasteiger partial charge is 0.410 e. The van der Waals surface area contributed by atoms with Crippen LogP contribution >= 0.6 is 0 Å². The van der Waals surface area contributed by atoms with E-state index < -0.39 is 5.60 Å². The third kappa shape index (κ3) is 10.2. The SMILES string of the molecule is C=COCCCNCCN(C(=O)OC(C)(C)C)C(C)(C)C. The van der Waals surface area contributed by atoms with Crippen molar-refractivity contribution in [3.63, 3.8) is 0 Å². The lowest BCUT2D eigenvalue weighted by atomic mass is 10.1. The van der Waals surface area contributed by atoms with E-state index in [-0.39, 0.29) is 11.6 Å². The van der Waals surface area contributed by atoms with Crippen molar-refractivity contribution in [2.24, 2.45) is 0 Å². The second-order valence-electron chi connectivity index (χ2n) is 6.94. The zero-order valence-electron chi connectivity index (χ0n) is 14.5. The molecule has 124 valence electrons. The molecule has 0 aliphatic rings. The standard InChI is InChI=1S/C16H32N2O3/c1-8-20-13-9-10-17-11-12-18(15(2,3)4)14(19)21-16(5,6)7/h8,17H,1,9-13H2,2-7H3. The van der Waals surface area contributed by atoms with E-state index in [0.717, 1.165) is 19.5 Å². The molecule has 5 nitrogen and oxygen atoms in total. The first-order chi connectivity index (χ1) is 9.58. The van der Waals surface area contributed by atoms with Crippen LogP contribution < -0.4 is 5.32 Å². The molecule has 0 atom stereocenters. The van der Waals surface area contributed by atoms with E-state index >= 15 is 0 Å². The highest BCUT2D eigenvalue weighted by Gasteiger charge is 2.30. The molecule has 0 fully saturated rings. The summed E-state index contributed by atoms with van der Waals surface area (Å²) in [5.74, 6) is 0. The van der Waals surface area contributed by atoms with Crippen molar-refractivity contribution in [2.75, 3.05) is 26.2 Å². The number of carbonyl (C=O) groups is 1. The summed E-state index contributed by atoms with van der Waals surface area (Å²) in [5, 5.41) is 3.30. The molecule has 0 aromatic rings. The molecular formula is C16H32N2O3. The van der Waals surface area contributed by atoms with Crippen molar-refractivity contribution in [2.45, 2.75) is 59.1 Å². The van der Waals surface area contributed by atoms with Gasteiger partial charge in [-0.15, -0.1) is 0 Å². The van der Waals surface area contributed by atoms with Crippen molar-refractivity contribution in [1.29, 1.82) is 0 Å². The van der Waals surface area contributed by atoms with Crippen LogP contribution in [-0.2, 0) is 9.47 Å². The number of ether oxygens (including phenoxy) is 2. The number of nitrogens with one attached hydrogen (secondary N) is 1. The maximum atomic E-state index is 12.3. The zero-order valence-corrected chi connectivity index (χ0v) is 14.5. The van der Waals surface area contributed by atoms with E-state index in [9.17, 15) is 4.79 Å². The molecule has 0 rings (SSSR count). The second-order valence-corrected chi connectivity index (χ2v) is 6.94. The Morgan fingerprint density at radius 1 is 1.19 bits per heavy atom. The van der Waals surface area contributed by atoms with Crippen LogP contribution in [0.4, 0.5) is 4.79 Å². The summed E-state index contributed by atoms with van der Waals surface area (Å²) >= 11 is 0. The Morgan fingerprint density at radius 3 is 2.29 bits per heavy atom. The molecule has 1 amide bonds. The van der Waals surface area contributed by atoms with Crippen molar-refractivity contribution >= 4 is 6.09 Å². The molecule has 0 saturated heterocycles. The molecule has 5 heteroatoms. The van der Waals surface area contributed by atoms with Gasteiger partial charge in [-0.1, -0.05) is 6.58 Å². The average molecular weight is 300 g/mol. The maximum Gasteiger partial charge on any atom is 0.410 e. The van der Waals surface area contributed by atoms with Crippen molar-refractivity contribution < 1.29 is 14.3 Å². The molecule has 0 saturated carbocycles. The highest BCUT2D eigenvalue weighted by Crippen LogP contribution is 2.17. The van der Waals surface area contributed by atoms with Crippen LogP contribution in [0.15, 0.2) is 12.8 Å². The van der Waals surface area contributed by atoms with Crippen LogP contribution in [0, 0.1) is 0 Å². The van der Waals surface area contributed by atoms with Gasteiger partial charge in [0.25, 0.3) is 0 Å². The molecule has 0 radical (unpaired) electrons. The first-order valence-corrected chi connectivity index (χ1v) is 7.52. The Kier molecular flexibility index (Phi) is 8.40. The number of nitrogens with zero attached hydrogens (tertiary/aromatic N) is 1. The predicted octanol–water partition coefficient (Wildman–Crippen LogP) is 3.16. The minimum atomic E-state index is -0.476. The van der Waals surface area contributed by atoms with Crippen LogP contribution in [0.5, 0.6) is 0 Å². The normalized spacial score (nSPS) is 11.9. The number of rotatable bonds is 8. The van der Waals surface area contributed by atoms with Crippen molar-refractivity contribution in [3.05, 3.63) is 12.8 Å². The third-order valence-corrected chi connectivity index (χ3v) is 2.67. The molecule has 21 heavy (non-hydrogen) atoms. The lowest BCUT2D eigenvalue weighted by Gasteiger charge is -2.36. The molecule has 0 spiro atoms. The van der Waals surface area contributed by atoms with E-state index in [1.54, 1.807) is 4.90 Å². The first-order valence-electron chi connectivity index (χ1n) is 7.52. The maximum absolute atomic E-state index is 12.3. The van der Waals surface area contributed by atoms with Crippen LogP contribution in [0.3, 0.4) is 0 Å². The number of hydrogen-bond acceptors (Lipinski definition) is 4. The molecule has 1 N–H and O–H groups in total. The van der Waals surface area contributed by atoms with E-state index in [1.807, 2.05) is 41.5 Å². The van der Waals surface area contributed by atoms with Gasteiger partial charge in [0, 0.05) is 18.6 Å². The van der Waals surface area contributed by atoms with E-state index in [4.69, 9.17) is 9.47 Å². The zero-order chi connectivity index (χ0) is 16.5. The molecule has 0 heterocycles. The fourth-order valence-electron chi connectivity index (χ4n) is 1.70.